The van der Waals surface area contributed by atoms with Gasteiger partial charge in [0.1, 0.15) is 11.6 Å². The maximum Gasteiger partial charge on any atom is 0.128 e. The van der Waals surface area contributed by atoms with E-state index in [1.54, 1.807) is 25.3 Å². The van der Waals surface area contributed by atoms with Crippen molar-refractivity contribution in [2.24, 2.45) is 5.73 Å². The molecule has 110 valence electrons. The molecule has 3 nitrogen and oxygen atoms in total. The van der Waals surface area contributed by atoms with E-state index in [0.717, 1.165) is 17.7 Å². The van der Waals surface area contributed by atoms with Crippen LogP contribution < -0.4 is 10.5 Å². The predicted octanol–water partition coefficient (Wildman–Crippen LogP) is 2.98. The van der Waals surface area contributed by atoms with E-state index >= 15 is 0 Å². The number of benzene rings is 2. The van der Waals surface area contributed by atoms with E-state index < -0.39 is 0 Å². The fourth-order valence-corrected chi connectivity index (χ4v) is 2.72. The first-order valence-electron chi connectivity index (χ1n) is 6.96. The normalized spacial score (nSPS) is 20.3. The maximum absolute atomic E-state index is 13.6. The van der Waals surface area contributed by atoms with Crippen LogP contribution in [0.25, 0.3) is 0 Å². The van der Waals surface area contributed by atoms with Gasteiger partial charge in [-0.25, -0.2) is 4.39 Å². The van der Waals surface area contributed by atoms with Crippen molar-refractivity contribution in [1.82, 2.24) is 0 Å². The number of fused-ring (bicyclic) bond motifs is 1. The second kappa shape index (κ2) is 5.84. The van der Waals surface area contributed by atoms with Crippen molar-refractivity contribution in [2.75, 3.05) is 7.11 Å². The van der Waals surface area contributed by atoms with Gasteiger partial charge >= 0.3 is 0 Å². The molecule has 0 amide bonds. The molecule has 0 spiro atoms. The van der Waals surface area contributed by atoms with Crippen molar-refractivity contribution in [3.8, 4) is 5.75 Å². The number of methoxy groups -OCH3 is 1. The molecule has 0 heterocycles. The molecular formula is C17H18FNO2. The van der Waals surface area contributed by atoms with Crippen LogP contribution in [0.3, 0.4) is 0 Å². The summed E-state index contributed by atoms with van der Waals surface area (Å²) in [4.78, 5) is 0. The highest BCUT2D eigenvalue weighted by atomic mass is 19.1. The Morgan fingerprint density at radius 2 is 2.05 bits per heavy atom. The first-order chi connectivity index (χ1) is 10.2. The predicted molar refractivity (Wildman–Crippen MR) is 78.6 cm³/mol. The van der Waals surface area contributed by atoms with Crippen LogP contribution in [-0.2, 0) is 17.8 Å². The largest absolute Gasteiger partial charge is 0.497 e. The first-order valence-corrected chi connectivity index (χ1v) is 6.96. The molecule has 2 N–H and O–H groups in total. The summed E-state index contributed by atoms with van der Waals surface area (Å²) in [6.07, 6.45) is 0.612. The Kier molecular flexibility index (Phi) is 3.90. The average molecular weight is 287 g/mol. The van der Waals surface area contributed by atoms with Gasteiger partial charge in [-0.15, -0.1) is 0 Å². The zero-order chi connectivity index (χ0) is 14.8. The molecule has 3 rings (SSSR count). The van der Waals surface area contributed by atoms with E-state index in [1.807, 2.05) is 18.2 Å². The minimum Gasteiger partial charge on any atom is -0.497 e. The van der Waals surface area contributed by atoms with E-state index in [1.165, 1.54) is 11.6 Å². The number of rotatable bonds is 4. The van der Waals surface area contributed by atoms with Crippen LogP contribution in [0.1, 0.15) is 22.7 Å². The van der Waals surface area contributed by atoms with E-state index in [0.29, 0.717) is 5.56 Å². The second-order valence-electron chi connectivity index (χ2n) is 5.24. The van der Waals surface area contributed by atoms with Crippen LogP contribution in [-0.4, -0.2) is 13.2 Å². The molecule has 0 radical (unpaired) electrons. The quantitative estimate of drug-likeness (QED) is 0.940. The summed E-state index contributed by atoms with van der Waals surface area (Å²) >= 11 is 0. The van der Waals surface area contributed by atoms with Crippen LogP contribution in [0.2, 0.25) is 0 Å². The van der Waals surface area contributed by atoms with Crippen molar-refractivity contribution < 1.29 is 13.9 Å². The lowest BCUT2D eigenvalue weighted by atomic mass is 10.1. The minimum absolute atomic E-state index is 0.133. The van der Waals surface area contributed by atoms with Crippen LogP contribution in [0.5, 0.6) is 5.75 Å². The molecule has 2 aromatic carbocycles. The highest BCUT2D eigenvalue weighted by Gasteiger charge is 2.30. The zero-order valence-corrected chi connectivity index (χ0v) is 11.9. The molecule has 2 aromatic rings. The molecule has 4 heteroatoms. The van der Waals surface area contributed by atoms with Gasteiger partial charge in [-0.2, -0.15) is 0 Å². The van der Waals surface area contributed by atoms with Crippen molar-refractivity contribution in [3.05, 3.63) is 65.0 Å². The van der Waals surface area contributed by atoms with E-state index in [9.17, 15) is 4.39 Å². The van der Waals surface area contributed by atoms with Crippen LogP contribution in [0, 0.1) is 5.82 Å². The highest BCUT2D eigenvalue weighted by molar-refractivity contribution is 5.42. The number of hydrogen-bond acceptors (Lipinski definition) is 3. The molecular weight excluding hydrogens is 269 g/mol. The Hall–Kier alpha value is -1.91. The van der Waals surface area contributed by atoms with Gasteiger partial charge < -0.3 is 15.2 Å². The summed E-state index contributed by atoms with van der Waals surface area (Å²) in [6.45, 7) is 0.232. The molecule has 0 fully saturated rings. The van der Waals surface area contributed by atoms with Gasteiger partial charge in [-0.3, -0.25) is 0 Å². The van der Waals surface area contributed by atoms with Gasteiger partial charge in [-0.05, 0) is 29.3 Å². The third kappa shape index (κ3) is 2.77. The smallest absolute Gasteiger partial charge is 0.128 e. The average Bonchev–Trinajstić information content (AvgIpc) is 2.82. The lowest BCUT2D eigenvalue weighted by molar-refractivity contribution is 0.0299. The minimum atomic E-state index is -0.247. The Bertz CT molecular complexity index is 644. The van der Waals surface area contributed by atoms with Gasteiger partial charge in [-0.1, -0.05) is 24.3 Å². The summed E-state index contributed by atoms with van der Waals surface area (Å²) in [5.41, 5.74) is 9.01. The van der Waals surface area contributed by atoms with E-state index in [4.69, 9.17) is 15.2 Å². The molecule has 1 aliphatic carbocycles. The Balaban J connectivity index is 1.70. The molecule has 0 bridgehead atoms. The Labute approximate surface area is 123 Å². The molecule has 2 atom stereocenters. The maximum atomic E-state index is 13.6. The van der Waals surface area contributed by atoms with Crippen LogP contribution in [0.15, 0.2) is 42.5 Å². The van der Waals surface area contributed by atoms with Crippen molar-refractivity contribution >= 4 is 0 Å². The Morgan fingerprint density at radius 1 is 1.24 bits per heavy atom. The SMILES string of the molecule is COc1ccc2c(c1)C(N)C(OCc1ccccc1F)C2. The molecule has 0 aliphatic heterocycles. The van der Waals surface area contributed by atoms with Gasteiger partial charge in [0.25, 0.3) is 0 Å². The fourth-order valence-electron chi connectivity index (χ4n) is 2.72. The molecule has 0 aromatic heterocycles. The number of ether oxygens (including phenoxy) is 2. The number of hydrogen-bond donors (Lipinski definition) is 1. The van der Waals surface area contributed by atoms with Gasteiger partial charge in [0.15, 0.2) is 0 Å². The summed E-state index contributed by atoms with van der Waals surface area (Å²) < 4.78 is 24.6. The third-order valence-corrected chi connectivity index (χ3v) is 3.94. The molecule has 2 unspecified atom stereocenters. The third-order valence-electron chi connectivity index (χ3n) is 3.94. The fraction of sp³-hybridized carbons (Fsp3) is 0.294. The lowest BCUT2D eigenvalue weighted by Gasteiger charge is -2.17. The topological polar surface area (TPSA) is 44.5 Å². The summed E-state index contributed by atoms with van der Waals surface area (Å²) in [5, 5.41) is 0. The number of nitrogens with two attached hydrogens (primary N) is 1. The van der Waals surface area contributed by atoms with Crippen LogP contribution in [0.4, 0.5) is 4.39 Å². The van der Waals surface area contributed by atoms with E-state index in [2.05, 4.69) is 0 Å². The van der Waals surface area contributed by atoms with Crippen LogP contribution >= 0.6 is 0 Å². The highest BCUT2D eigenvalue weighted by Crippen LogP contribution is 2.34. The van der Waals surface area contributed by atoms with Crippen molar-refractivity contribution in [3.63, 3.8) is 0 Å². The van der Waals surface area contributed by atoms with Gasteiger partial charge in [0.2, 0.25) is 0 Å². The monoisotopic (exact) mass is 287 g/mol. The summed E-state index contributed by atoms with van der Waals surface area (Å²) in [6, 6.07) is 12.3. The molecule has 21 heavy (non-hydrogen) atoms. The molecule has 1 aliphatic rings. The molecule has 0 saturated carbocycles. The lowest BCUT2D eigenvalue weighted by Crippen LogP contribution is -2.25. The summed E-state index contributed by atoms with van der Waals surface area (Å²) in [7, 11) is 1.63. The summed E-state index contributed by atoms with van der Waals surface area (Å²) in [5.74, 6) is 0.544. The second-order valence-corrected chi connectivity index (χ2v) is 5.24. The number of halogens is 1. The molecule has 0 saturated heterocycles. The zero-order valence-electron chi connectivity index (χ0n) is 11.9. The van der Waals surface area contributed by atoms with Crippen molar-refractivity contribution in [1.29, 1.82) is 0 Å². The van der Waals surface area contributed by atoms with Gasteiger partial charge in [0, 0.05) is 12.0 Å². The van der Waals surface area contributed by atoms with Crippen molar-refractivity contribution in [2.45, 2.75) is 25.2 Å². The standard InChI is InChI=1S/C17H18FNO2/c1-20-13-7-6-11-8-16(17(19)14(11)9-13)21-10-12-4-2-3-5-15(12)18/h2-7,9,16-17H,8,10,19H2,1H3. The van der Waals surface area contributed by atoms with E-state index in [-0.39, 0.29) is 24.6 Å². The Morgan fingerprint density at radius 3 is 2.81 bits per heavy atom. The first kappa shape index (κ1) is 14.0. The van der Waals surface area contributed by atoms with Gasteiger partial charge in [0.05, 0.1) is 25.9 Å².